The van der Waals surface area contributed by atoms with E-state index in [0.29, 0.717) is 6.04 Å². The lowest BCUT2D eigenvalue weighted by Crippen LogP contribution is -2.48. The first kappa shape index (κ1) is 10.2. The summed E-state index contributed by atoms with van der Waals surface area (Å²) in [4.78, 5) is 14.1. The van der Waals surface area contributed by atoms with Gasteiger partial charge in [0.25, 0.3) is 5.91 Å². The van der Waals surface area contributed by atoms with Gasteiger partial charge in [-0.05, 0) is 36.8 Å². The van der Waals surface area contributed by atoms with Crippen LogP contribution in [0.25, 0.3) is 0 Å². The van der Waals surface area contributed by atoms with Gasteiger partial charge in [-0.2, -0.15) is 0 Å². The number of rotatable bonds is 1. The van der Waals surface area contributed by atoms with Crippen LogP contribution in [-0.4, -0.2) is 40.9 Å². The Balaban J connectivity index is 1.70. The molecule has 2 aliphatic heterocycles. The second-order valence-corrected chi connectivity index (χ2v) is 5.22. The number of amides is 1. The molecule has 3 heterocycles. The highest BCUT2D eigenvalue weighted by Crippen LogP contribution is 2.25. The fourth-order valence-electron chi connectivity index (χ4n) is 2.71. The molecular weight excluding hydrogens is 222 g/mol. The Morgan fingerprint density at radius 1 is 1.56 bits per heavy atom. The van der Waals surface area contributed by atoms with Gasteiger partial charge in [0.05, 0.1) is 11.8 Å². The van der Waals surface area contributed by atoms with Crippen molar-refractivity contribution < 1.29 is 4.79 Å². The maximum Gasteiger partial charge on any atom is 0.256 e. The number of hydrogen-bond donors (Lipinski definition) is 1. The van der Waals surface area contributed by atoms with Gasteiger partial charge in [0.15, 0.2) is 0 Å². The van der Waals surface area contributed by atoms with Gasteiger partial charge < -0.3 is 10.2 Å². The van der Waals surface area contributed by atoms with Crippen molar-refractivity contribution in [2.45, 2.75) is 18.9 Å². The van der Waals surface area contributed by atoms with Crippen LogP contribution in [0.1, 0.15) is 23.2 Å². The van der Waals surface area contributed by atoms with E-state index in [1.54, 1.807) is 6.20 Å². The molecular formula is C11H15N3OS. The van der Waals surface area contributed by atoms with Crippen LogP contribution in [-0.2, 0) is 0 Å². The van der Waals surface area contributed by atoms with E-state index in [0.717, 1.165) is 37.5 Å². The topological polar surface area (TPSA) is 45.2 Å². The molecule has 1 aromatic rings. The highest BCUT2D eigenvalue weighted by atomic mass is 32.1. The number of nitrogens with zero attached hydrogens (tertiary/aromatic N) is 2. The quantitative estimate of drug-likeness (QED) is 0.791. The standard InChI is InChI=1S/C11H15N3OS/c15-11(9-5-13-16-7-9)14-4-2-8-1-3-12-10(8)6-14/h5,7-8,10,12H,1-4,6H2/t8-,10+/m0/s1. The molecule has 2 fully saturated rings. The Kier molecular flexibility index (Phi) is 2.65. The van der Waals surface area contributed by atoms with E-state index in [1.165, 1.54) is 18.0 Å². The van der Waals surface area contributed by atoms with Gasteiger partial charge in [0.1, 0.15) is 0 Å². The van der Waals surface area contributed by atoms with Crippen LogP contribution in [0.15, 0.2) is 11.6 Å². The van der Waals surface area contributed by atoms with Crippen LogP contribution < -0.4 is 5.32 Å². The second-order valence-electron chi connectivity index (χ2n) is 4.56. The zero-order valence-electron chi connectivity index (χ0n) is 9.06. The summed E-state index contributed by atoms with van der Waals surface area (Å²) >= 11 is 1.34. The lowest BCUT2D eigenvalue weighted by Gasteiger charge is -2.34. The predicted molar refractivity (Wildman–Crippen MR) is 62.5 cm³/mol. The van der Waals surface area contributed by atoms with Gasteiger partial charge in [-0.3, -0.25) is 4.79 Å². The van der Waals surface area contributed by atoms with E-state index in [9.17, 15) is 4.79 Å². The van der Waals surface area contributed by atoms with Gasteiger partial charge in [-0.1, -0.05) is 0 Å². The zero-order valence-corrected chi connectivity index (χ0v) is 9.87. The number of piperidine rings is 1. The van der Waals surface area contributed by atoms with Crippen molar-refractivity contribution in [1.82, 2.24) is 14.6 Å². The molecule has 2 aliphatic rings. The minimum Gasteiger partial charge on any atom is -0.337 e. The van der Waals surface area contributed by atoms with Gasteiger partial charge in [0, 0.05) is 24.5 Å². The molecule has 2 saturated heterocycles. The molecule has 1 aromatic heterocycles. The molecule has 16 heavy (non-hydrogen) atoms. The van der Waals surface area contributed by atoms with Gasteiger partial charge in [-0.15, -0.1) is 0 Å². The van der Waals surface area contributed by atoms with Gasteiger partial charge >= 0.3 is 0 Å². The van der Waals surface area contributed by atoms with Crippen molar-refractivity contribution in [2.75, 3.05) is 19.6 Å². The molecule has 0 unspecified atom stereocenters. The smallest absolute Gasteiger partial charge is 0.256 e. The Hall–Kier alpha value is -0.940. The highest BCUT2D eigenvalue weighted by molar-refractivity contribution is 7.03. The van der Waals surface area contributed by atoms with Crippen molar-refractivity contribution in [3.05, 3.63) is 17.1 Å². The first-order chi connectivity index (χ1) is 7.84. The molecule has 0 radical (unpaired) electrons. The Bertz CT molecular complexity index is 379. The second kappa shape index (κ2) is 4.14. The lowest BCUT2D eigenvalue weighted by atomic mass is 9.92. The molecule has 0 aliphatic carbocycles. The van der Waals surface area contributed by atoms with Crippen LogP contribution in [0.2, 0.25) is 0 Å². The van der Waals surface area contributed by atoms with Crippen molar-refractivity contribution in [3.8, 4) is 0 Å². The normalized spacial score (nSPS) is 29.1. The minimum atomic E-state index is 0.140. The van der Waals surface area contributed by atoms with Crippen LogP contribution in [0.3, 0.4) is 0 Å². The third kappa shape index (κ3) is 1.74. The number of carbonyl (C=O) groups is 1. The zero-order chi connectivity index (χ0) is 11.0. The molecule has 4 nitrogen and oxygen atoms in total. The SMILES string of the molecule is O=C(c1cnsc1)N1CC[C@@H]2CCN[C@@H]2C1. The van der Waals surface area contributed by atoms with E-state index >= 15 is 0 Å². The van der Waals surface area contributed by atoms with E-state index in [-0.39, 0.29) is 5.91 Å². The third-order valence-corrected chi connectivity index (χ3v) is 4.23. The Morgan fingerprint density at radius 2 is 2.50 bits per heavy atom. The van der Waals surface area contributed by atoms with E-state index in [1.807, 2.05) is 10.3 Å². The van der Waals surface area contributed by atoms with Crippen LogP contribution in [0.4, 0.5) is 0 Å². The molecule has 3 rings (SSSR count). The molecule has 0 saturated carbocycles. The van der Waals surface area contributed by atoms with Crippen molar-refractivity contribution in [3.63, 3.8) is 0 Å². The van der Waals surface area contributed by atoms with Crippen molar-refractivity contribution in [1.29, 1.82) is 0 Å². The van der Waals surface area contributed by atoms with Gasteiger partial charge in [0.2, 0.25) is 0 Å². The van der Waals surface area contributed by atoms with Crippen molar-refractivity contribution in [2.24, 2.45) is 5.92 Å². The average Bonchev–Trinajstić information content (AvgIpc) is 2.98. The maximum absolute atomic E-state index is 12.1. The maximum atomic E-state index is 12.1. The number of aromatic nitrogens is 1. The molecule has 0 aromatic carbocycles. The van der Waals surface area contributed by atoms with Crippen LogP contribution in [0, 0.1) is 5.92 Å². The van der Waals surface area contributed by atoms with E-state index < -0.39 is 0 Å². The summed E-state index contributed by atoms with van der Waals surface area (Å²) in [6.45, 7) is 2.87. The lowest BCUT2D eigenvalue weighted by molar-refractivity contribution is 0.0669. The van der Waals surface area contributed by atoms with Crippen LogP contribution >= 0.6 is 11.5 Å². The molecule has 1 amide bonds. The average molecular weight is 237 g/mol. The Labute approximate surface area is 98.8 Å². The summed E-state index contributed by atoms with van der Waals surface area (Å²) in [5.74, 6) is 0.922. The third-order valence-electron chi connectivity index (χ3n) is 3.64. The number of nitrogens with one attached hydrogen (secondary N) is 1. The van der Waals surface area contributed by atoms with E-state index in [4.69, 9.17) is 0 Å². The number of likely N-dealkylation sites (tertiary alicyclic amines) is 1. The predicted octanol–water partition coefficient (Wildman–Crippen LogP) is 0.967. The fourth-order valence-corrected chi connectivity index (χ4v) is 3.22. The highest BCUT2D eigenvalue weighted by Gasteiger charge is 2.34. The molecule has 1 N–H and O–H groups in total. The minimum absolute atomic E-state index is 0.140. The van der Waals surface area contributed by atoms with Gasteiger partial charge in [-0.25, -0.2) is 4.37 Å². The number of hydrogen-bond acceptors (Lipinski definition) is 4. The first-order valence-electron chi connectivity index (χ1n) is 5.76. The molecule has 86 valence electrons. The van der Waals surface area contributed by atoms with Crippen LogP contribution in [0.5, 0.6) is 0 Å². The monoisotopic (exact) mass is 237 g/mol. The summed E-state index contributed by atoms with van der Waals surface area (Å²) in [7, 11) is 0. The molecule has 0 bridgehead atoms. The number of carbonyl (C=O) groups excluding carboxylic acids is 1. The fraction of sp³-hybridized carbons (Fsp3) is 0.636. The molecule has 0 spiro atoms. The number of fused-ring (bicyclic) bond motifs is 1. The summed E-state index contributed by atoms with van der Waals surface area (Å²) in [5.41, 5.74) is 0.737. The first-order valence-corrected chi connectivity index (χ1v) is 6.60. The Morgan fingerprint density at radius 3 is 3.31 bits per heavy atom. The molecule has 5 heteroatoms. The largest absolute Gasteiger partial charge is 0.337 e. The van der Waals surface area contributed by atoms with E-state index in [2.05, 4.69) is 9.69 Å². The summed E-state index contributed by atoms with van der Waals surface area (Å²) in [5, 5.41) is 5.31. The summed E-state index contributed by atoms with van der Waals surface area (Å²) in [6.07, 6.45) is 4.08. The summed E-state index contributed by atoms with van der Waals surface area (Å²) < 4.78 is 3.98. The molecule has 2 atom stereocenters. The van der Waals surface area contributed by atoms with Crippen molar-refractivity contribution >= 4 is 17.4 Å². The summed E-state index contributed by atoms with van der Waals surface area (Å²) in [6, 6.07) is 0.518.